The molecule has 0 aliphatic rings. The van der Waals surface area contributed by atoms with Gasteiger partial charge in [0.2, 0.25) is 0 Å². The highest BCUT2D eigenvalue weighted by Gasteiger charge is 2.14. The monoisotopic (exact) mass is 259 g/mol. The van der Waals surface area contributed by atoms with E-state index >= 15 is 0 Å². The predicted octanol–water partition coefficient (Wildman–Crippen LogP) is 2.84. The van der Waals surface area contributed by atoms with Crippen molar-refractivity contribution < 1.29 is 9.53 Å². The van der Waals surface area contributed by atoms with Gasteiger partial charge in [-0.15, -0.1) is 6.58 Å². The summed E-state index contributed by atoms with van der Waals surface area (Å²) < 4.78 is 5.55. The Morgan fingerprint density at radius 3 is 2.68 bits per heavy atom. The van der Waals surface area contributed by atoms with Crippen molar-refractivity contribution in [2.24, 2.45) is 0 Å². The maximum Gasteiger partial charge on any atom is 0.253 e. The van der Waals surface area contributed by atoms with E-state index in [1.54, 1.807) is 0 Å². The number of benzene rings is 1. The lowest BCUT2D eigenvalue weighted by Crippen LogP contribution is -2.35. The smallest absolute Gasteiger partial charge is 0.253 e. The minimum Gasteiger partial charge on any atom is -0.360 e. The van der Waals surface area contributed by atoms with Crippen LogP contribution in [0.25, 0.3) is 0 Å². The summed E-state index contributed by atoms with van der Waals surface area (Å²) in [6.45, 7) is 8.30. The van der Waals surface area contributed by atoms with Gasteiger partial charge >= 0.3 is 0 Å². The predicted molar refractivity (Wildman–Crippen MR) is 77.7 cm³/mol. The van der Waals surface area contributed by atoms with Gasteiger partial charge in [-0.3, -0.25) is 4.79 Å². The second kappa shape index (κ2) is 9.11. The quantitative estimate of drug-likeness (QED) is 0.547. The fourth-order valence-electron chi connectivity index (χ4n) is 1.57. The van der Waals surface area contributed by atoms with Crippen molar-refractivity contribution in [3.05, 3.63) is 61.2 Å². The molecule has 1 atom stereocenters. The van der Waals surface area contributed by atoms with Crippen molar-refractivity contribution in [3.8, 4) is 0 Å². The zero-order chi connectivity index (χ0) is 13.9. The first-order valence-corrected chi connectivity index (χ1v) is 6.44. The number of amides is 1. The van der Waals surface area contributed by atoms with Crippen molar-refractivity contribution in [1.29, 1.82) is 0 Å². The van der Waals surface area contributed by atoms with Crippen LogP contribution in [0.1, 0.15) is 18.4 Å². The van der Waals surface area contributed by atoms with Crippen LogP contribution in [0.4, 0.5) is 0 Å². The van der Waals surface area contributed by atoms with Gasteiger partial charge < -0.3 is 10.1 Å². The van der Waals surface area contributed by atoms with E-state index in [0.29, 0.717) is 13.2 Å². The average Bonchev–Trinajstić information content (AvgIpc) is 2.45. The normalized spacial score (nSPS) is 11.6. The third kappa shape index (κ3) is 6.02. The van der Waals surface area contributed by atoms with Crippen LogP contribution in [0.2, 0.25) is 0 Å². The Labute approximate surface area is 115 Å². The average molecular weight is 259 g/mol. The number of hydrogen-bond acceptors (Lipinski definition) is 2. The molecule has 3 nitrogen and oxygen atoms in total. The summed E-state index contributed by atoms with van der Waals surface area (Å²) in [4.78, 5) is 11.8. The third-order valence-electron chi connectivity index (χ3n) is 2.63. The van der Waals surface area contributed by atoms with E-state index in [1.807, 2.05) is 36.4 Å². The molecule has 0 heterocycles. The van der Waals surface area contributed by atoms with Crippen LogP contribution in [-0.2, 0) is 16.1 Å². The Kier molecular flexibility index (Phi) is 7.28. The Balaban J connectivity index is 2.34. The minimum atomic E-state index is -0.607. The number of hydrogen-bond donors (Lipinski definition) is 1. The van der Waals surface area contributed by atoms with E-state index in [-0.39, 0.29) is 5.91 Å². The van der Waals surface area contributed by atoms with E-state index in [4.69, 9.17) is 4.74 Å². The molecule has 1 aromatic carbocycles. The molecule has 1 unspecified atom stereocenters. The summed E-state index contributed by atoms with van der Waals surface area (Å²) in [5.74, 6) is -0.144. The molecular formula is C16H21NO2. The SMILES string of the molecule is C=CCCCNC(=O)C(C=C)OCc1ccccc1. The Bertz CT molecular complexity index is 400. The van der Waals surface area contributed by atoms with E-state index in [1.165, 1.54) is 6.08 Å². The molecule has 0 aliphatic heterocycles. The van der Waals surface area contributed by atoms with Crippen molar-refractivity contribution in [1.82, 2.24) is 5.32 Å². The Morgan fingerprint density at radius 2 is 2.05 bits per heavy atom. The molecule has 19 heavy (non-hydrogen) atoms. The summed E-state index contributed by atoms with van der Waals surface area (Å²) in [5.41, 5.74) is 1.04. The van der Waals surface area contributed by atoms with Crippen LogP contribution in [0.5, 0.6) is 0 Å². The molecule has 1 N–H and O–H groups in total. The largest absolute Gasteiger partial charge is 0.360 e. The Morgan fingerprint density at radius 1 is 1.32 bits per heavy atom. The summed E-state index contributed by atoms with van der Waals surface area (Å²) in [5, 5.41) is 2.82. The van der Waals surface area contributed by atoms with Crippen LogP contribution in [0.15, 0.2) is 55.6 Å². The molecule has 0 saturated carbocycles. The van der Waals surface area contributed by atoms with E-state index in [9.17, 15) is 4.79 Å². The maximum atomic E-state index is 11.8. The van der Waals surface area contributed by atoms with Crippen LogP contribution in [0.3, 0.4) is 0 Å². The summed E-state index contributed by atoms with van der Waals surface area (Å²) >= 11 is 0. The van der Waals surface area contributed by atoms with Gasteiger partial charge in [0, 0.05) is 6.54 Å². The van der Waals surface area contributed by atoms with Gasteiger partial charge in [-0.25, -0.2) is 0 Å². The second-order valence-electron chi connectivity index (χ2n) is 4.17. The van der Waals surface area contributed by atoms with E-state index < -0.39 is 6.10 Å². The molecular weight excluding hydrogens is 238 g/mol. The van der Waals surface area contributed by atoms with Crippen molar-refractivity contribution in [3.63, 3.8) is 0 Å². The van der Waals surface area contributed by atoms with Gasteiger partial charge in [0.15, 0.2) is 6.10 Å². The molecule has 0 spiro atoms. The molecule has 0 bridgehead atoms. The number of rotatable bonds is 9. The van der Waals surface area contributed by atoms with Crippen molar-refractivity contribution in [2.75, 3.05) is 6.54 Å². The molecule has 0 aromatic heterocycles. The summed E-state index contributed by atoms with van der Waals surface area (Å²) in [6.07, 6.45) is 4.53. The first-order chi connectivity index (χ1) is 9.27. The molecule has 3 heteroatoms. The first kappa shape index (κ1) is 15.2. The fourth-order valence-corrected chi connectivity index (χ4v) is 1.57. The lowest BCUT2D eigenvalue weighted by molar-refractivity contribution is -0.130. The lowest BCUT2D eigenvalue weighted by Gasteiger charge is -2.14. The van der Waals surface area contributed by atoms with Gasteiger partial charge in [0.05, 0.1) is 6.61 Å². The second-order valence-corrected chi connectivity index (χ2v) is 4.17. The van der Waals surface area contributed by atoms with Crippen molar-refractivity contribution in [2.45, 2.75) is 25.6 Å². The van der Waals surface area contributed by atoms with Gasteiger partial charge in [-0.1, -0.05) is 49.1 Å². The lowest BCUT2D eigenvalue weighted by atomic mass is 10.2. The minimum absolute atomic E-state index is 0.144. The maximum absolute atomic E-state index is 11.8. The highest BCUT2D eigenvalue weighted by Crippen LogP contribution is 2.04. The van der Waals surface area contributed by atoms with Crippen LogP contribution in [-0.4, -0.2) is 18.6 Å². The van der Waals surface area contributed by atoms with Crippen LogP contribution >= 0.6 is 0 Å². The molecule has 0 saturated heterocycles. The molecule has 1 aromatic rings. The molecule has 1 rings (SSSR count). The van der Waals surface area contributed by atoms with Crippen molar-refractivity contribution >= 4 is 5.91 Å². The number of allylic oxidation sites excluding steroid dienone is 1. The van der Waals surface area contributed by atoms with E-state index in [0.717, 1.165) is 18.4 Å². The number of unbranched alkanes of at least 4 members (excludes halogenated alkanes) is 1. The van der Waals surface area contributed by atoms with Gasteiger partial charge in [-0.2, -0.15) is 0 Å². The van der Waals surface area contributed by atoms with Gasteiger partial charge in [-0.05, 0) is 18.4 Å². The molecule has 0 radical (unpaired) electrons. The standard InChI is InChI=1S/C16H21NO2/c1-3-5-9-12-17-16(18)15(4-2)19-13-14-10-7-6-8-11-14/h3-4,6-8,10-11,15H,1-2,5,9,12-13H2,(H,17,18). The van der Waals surface area contributed by atoms with E-state index in [2.05, 4.69) is 18.5 Å². The third-order valence-corrected chi connectivity index (χ3v) is 2.63. The Hall–Kier alpha value is -1.87. The highest BCUT2D eigenvalue weighted by atomic mass is 16.5. The molecule has 0 fully saturated rings. The van der Waals surface area contributed by atoms with Crippen LogP contribution in [0, 0.1) is 0 Å². The summed E-state index contributed by atoms with van der Waals surface area (Å²) in [6, 6.07) is 9.75. The van der Waals surface area contributed by atoms with Gasteiger partial charge in [0.25, 0.3) is 5.91 Å². The topological polar surface area (TPSA) is 38.3 Å². The fraction of sp³-hybridized carbons (Fsp3) is 0.312. The van der Waals surface area contributed by atoms with Crippen LogP contribution < -0.4 is 5.32 Å². The molecule has 0 aliphatic carbocycles. The number of ether oxygens (including phenoxy) is 1. The zero-order valence-electron chi connectivity index (χ0n) is 11.2. The zero-order valence-corrected chi connectivity index (χ0v) is 11.2. The number of carbonyl (C=O) groups is 1. The number of nitrogens with one attached hydrogen (secondary N) is 1. The van der Waals surface area contributed by atoms with Gasteiger partial charge in [0.1, 0.15) is 0 Å². The molecule has 1 amide bonds. The summed E-state index contributed by atoms with van der Waals surface area (Å²) in [7, 11) is 0. The molecule has 102 valence electrons. The first-order valence-electron chi connectivity index (χ1n) is 6.44. The number of carbonyl (C=O) groups excluding carboxylic acids is 1. The highest BCUT2D eigenvalue weighted by molar-refractivity contribution is 5.82.